The molecule has 2 rings (SSSR count). The number of rotatable bonds is 17. The molecule has 0 aromatic heterocycles. The van der Waals surface area contributed by atoms with Gasteiger partial charge in [0, 0.05) is 12.8 Å². The fraction of sp³-hybridized carbons (Fsp3) is 0.438. The number of aliphatic carboxylic acids is 1. The third-order valence-electron chi connectivity index (χ3n) is 6.41. The van der Waals surface area contributed by atoms with E-state index in [-0.39, 0.29) is 25.0 Å². The number of carbonyl (C=O) groups excluding carboxylic acids is 5. The first-order valence-electron chi connectivity index (χ1n) is 14.8. The molecule has 256 valence electrons. The van der Waals surface area contributed by atoms with Crippen molar-refractivity contribution >= 4 is 47.5 Å². The van der Waals surface area contributed by atoms with Gasteiger partial charge < -0.3 is 41.5 Å². The van der Waals surface area contributed by atoms with Crippen LogP contribution < -0.4 is 26.6 Å². The maximum atomic E-state index is 13.1. The van der Waals surface area contributed by atoms with Gasteiger partial charge in [0.2, 0.25) is 23.6 Å². The van der Waals surface area contributed by atoms with Crippen LogP contribution in [0.15, 0.2) is 54.6 Å². The van der Waals surface area contributed by atoms with E-state index in [1.807, 2.05) is 6.26 Å². The van der Waals surface area contributed by atoms with E-state index in [0.29, 0.717) is 11.3 Å². The van der Waals surface area contributed by atoms with E-state index in [2.05, 4.69) is 26.6 Å². The van der Waals surface area contributed by atoms with Crippen LogP contribution in [-0.2, 0) is 41.6 Å². The van der Waals surface area contributed by atoms with Crippen LogP contribution in [0, 0.1) is 0 Å². The van der Waals surface area contributed by atoms with Crippen molar-refractivity contribution in [1.82, 2.24) is 26.6 Å². The molecule has 3 atom stereocenters. The highest BCUT2D eigenvalue weighted by molar-refractivity contribution is 7.98. The van der Waals surface area contributed by atoms with Gasteiger partial charge in [0.25, 0.3) is 0 Å². The second-order valence-electron chi connectivity index (χ2n) is 11.6. The molecule has 47 heavy (non-hydrogen) atoms. The van der Waals surface area contributed by atoms with Crippen molar-refractivity contribution in [2.45, 2.75) is 63.8 Å². The quantitative estimate of drug-likeness (QED) is 0.127. The monoisotopic (exact) mass is 673 g/mol. The predicted molar refractivity (Wildman–Crippen MR) is 176 cm³/mol. The summed E-state index contributed by atoms with van der Waals surface area (Å²) in [4.78, 5) is 75.4. The van der Waals surface area contributed by atoms with Crippen molar-refractivity contribution in [3.05, 3.63) is 65.7 Å². The number of carboxylic acids is 1. The number of ether oxygens (including phenoxy) is 1. The van der Waals surface area contributed by atoms with Crippen molar-refractivity contribution in [2.24, 2.45) is 0 Å². The summed E-state index contributed by atoms with van der Waals surface area (Å²) in [5, 5.41) is 31.4. The van der Waals surface area contributed by atoms with E-state index >= 15 is 0 Å². The maximum absolute atomic E-state index is 13.1. The lowest BCUT2D eigenvalue weighted by Gasteiger charge is -2.23. The molecule has 15 heteroatoms. The van der Waals surface area contributed by atoms with Crippen molar-refractivity contribution in [3.8, 4) is 5.75 Å². The molecule has 14 nitrogen and oxygen atoms in total. The molecule has 0 radical (unpaired) electrons. The van der Waals surface area contributed by atoms with E-state index in [1.54, 1.807) is 63.2 Å². The lowest BCUT2D eigenvalue weighted by Crippen LogP contribution is -2.54. The molecule has 2 aromatic carbocycles. The number of thioether (sulfide) groups is 1. The standard InChI is InChI=1S/C32H43N5O9S/c1-32(2,3)46-31(45)37-24(17-21-10-12-22(38)13-11-21)28(41)34-18-26(39)33-19-27(40)35-25(16-20-8-6-5-7-9-20)29(42)36-23(30(43)44)14-15-47-4/h5-13,23-25,38H,14-19H2,1-4H3,(H,33,39)(H,34,41)(H,35,40)(H,36,42)(H,37,45)(H,43,44). The van der Waals surface area contributed by atoms with Gasteiger partial charge >= 0.3 is 12.1 Å². The summed E-state index contributed by atoms with van der Waals surface area (Å²) in [5.74, 6) is -3.49. The van der Waals surface area contributed by atoms with E-state index in [1.165, 1.54) is 23.9 Å². The lowest BCUT2D eigenvalue weighted by atomic mass is 10.0. The van der Waals surface area contributed by atoms with Crippen LogP contribution in [0.4, 0.5) is 4.79 Å². The molecule has 0 heterocycles. The van der Waals surface area contributed by atoms with Crippen LogP contribution in [0.2, 0.25) is 0 Å². The number of carboxylic acid groups (broad SMARTS) is 1. The maximum Gasteiger partial charge on any atom is 0.408 e. The number of carbonyl (C=O) groups is 6. The normalized spacial score (nSPS) is 12.9. The van der Waals surface area contributed by atoms with Gasteiger partial charge in [-0.25, -0.2) is 9.59 Å². The van der Waals surface area contributed by atoms with Crippen LogP contribution in [0.5, 0.6) is 5.75 Å². The minimum atomic E-state index is -1.20. The number of phenols is 1. The van der Waals surface area contributed by atoms with Gasteiger partial charge in [-0.15, -0.1) is 0 Å². The van der Waals surface area contributed by atoms with Crippen molar-refractivity contribution in [1.29, 1.82) is 0 Å². The van der Waals surface area contributed by atoms with Crippen LogP contribution in [0.3, 0.4) is 0 Å². The number of benzene rings is 2. The minimum absolute atomic E-state index is 0.0261. The Bertz CT molecular complexity index is 1370. The van der Waals surface area contributed by atoms with E-state index < -0.39 is 72.5 Å². The summed E-state index contributed by atoms with van der Waals surface area (Å²) in [6, 6.07) is 11.4. The summed E-state index contributed by atoms with van der Waals surface area (Å²) in [6.07, 6.45) is 1.27. The summed E-state index contributed by atoms with van der Waals surface area (Å²) >= 11 is 1.43. The van der Waals surface area contributed by atoms with Gasteiger partial charge in [0.15, 0.2) is 0 Å². The number of alkyl carbamates (subject to hydrolysis) is 1. The Balaban J connectivity index is 1.99. The van der Waals surface area contributed by atoms with Gasteiger partial charge in [-0.05, 0) is 62.5 Å². The molecule has 0 aliphatic carbocycles. The number of nitrogens with one attached hydrogen (secondary N) is 5. The molecule has 0 saturated carbocycles. The van der Waals surface area contributed by atoms with Crippen LogP contribution in [-0.4, -0.2) is 94.7 Å². The molecule has 5 amide bonds. The number of hydrogen-bond acceptors (Lipinski definition) is 9. The zero-order valence-electron chi connectivity index (χ0n) is 26.8. The zero-order chi connectivity index (χ0) is 35.0. The first-order chi connectivity index (χ1) is 22.2. The number of hydrogen-bond donors (Lipinski definition) is 7. The third-order valence-corrected chi connectivity index (χ3v) is 7.06. The SMILES string of the molecule is CSCCC(NC(=O)C(Cc1ccccc1)NC(=O)CNC(=O)CNC(=O)C(Cc1ccc(O)cc1)NC(=O)OC(C)(C)C)C(=O)O. The van der Waals surface area contributed by atoms with Crippen LogP contribution in [0.25, 0.3) is 0 Å². The zero-order valence-corrected chi connectivity index (χ0v) is 27.6. The number of amides is 5. The summed E-state index contributed by atoms with van der Waals surface area (Å²) in [7, 11) is 0. The lowest BCUT2D eigenvalue weighted by molar-refractivity contribution is -0.142. The largest absolute Gasteiger partial charge is 0.508 e. The topological polar surface area (TPSA) is 212 Å². The molecule has 0 saturated heterocycles. The highest BCUT2D eigenvalue weighted by Gasteiger charge is 2.28. The molecule has 0 aliphatic heterocycles. The average molecular weight is 674 g/mol. The molecule has 0 fully saturated rings. The van der Waals surface area contributed by atoms with Gasteiger partial charge in [0.05, 0.1) is 13.1 Å². The third kappa shape index (κ3) is 15.4. The molecule has 0 bridgehead atoms. The Hall–Kier alpha value is -4.79. The van der Waals surface area contributed by atoms with Crippen LogP contribution in [0.1, 0.15) is 38.3 Å². The summed E-state index contributed by atoms with van der Waals surface area (Å²) in [6.45, 7) is 3.93. The van der Waals surface area contributed by atoms with E-state index in [9.17, 15) is 39.0 Å². The number of phenolic OH excluding ortho intramolecular Hbond substituents is 1. The van der Waals surface area contributed by atoms with Crippen molar-refractivity contribution in [2.75, 3.05) is 25.1 Å². The summed E-state index contributed by atoms with van der Waals surface area (Å²) < 4.78 is 5.25. The highest BCUT2D eigenvalue weighted by Crippen LogP contribution is 2.13. The molecule has 7 N–H and O–H groups in total. The molecule has 0 spiro atoms. The Morgan fingerprint density at radius 2 is 1.32 bits per heavy atom. The smallest absolute Gasteiger partial charge is 0.408 e. The summed E-state index contributed by atoms with van der Waals surface area (Å²) in [5.41, 5.74) is 0.516. The predicted octanol–water partition coefficient (Wildman–Crippen LogP) is 1.11. The molecular weight excluding hydrogens is 630 g/mol. The Labute approximate surface area is 277 Å². The molecular formula is C32H43N5O9S. The van der Waals surface area contributed by atoms with Crippen molar-refractivity contribution < 1.29 is 43.7 Å². The van der Waals surface area contributed by atoms with E-state index in [0.717, 1.165) is 5.56 Å². The minimum Gasteiger partial charge on any atom is -0.508 e. The van der Waals surface area contributed by atoms with Gasteiger partial charge in [-0.1, -0.05) is 42.5 Å². The van der Waals surface area contributed by atoms with Crippen molar-refractivity contribution in [3.63, 3.8) is 0 Å². The van der Waals surface area contributed by atoms with Gasteiger partial charge in [-0.3, -0.25) is 19.2 Å². The van der Waals surface area contributed by atoms with Gasteiger partial charge in [0.1, 0.15) is 29.5 Å². The average Bonchev–Trinajstić information content (AvgIpc) is 3.00. The number of aromatic hydroxyl groups is 1. The highest BCUT2D eigenvalue weighted by atomic mass is 32.2. The Morgan fingerprint density at radius 1 is 0.745 bits per heavy atom. The van der Waals surface area contributed by atoms with Crippen LogP contribution >= 0.6 is 11.8 Å². The Kier molecular flexibility index (Phi) is 15.5. The fourth-order valence-corrected chi connectivity index (χ4v) is 4.60. The first-order valence-corrected chi connectivity index (χ1v) is 16.2. The second-order valence-corrected chi connectivity index (χ2v) is 12.5. The molecule has 0 aliphatic rings. The molecule has 2 aromatic rings. The van der Waals surface area contributed by atoms with Gasteiger partial charge in [-0.2, -0.15) is 11.8 Å². The van der Waals surface area contributed by atoms with E-state index in [4.69, 9.17) is 4.74 Å². The second kappa shape index (κ2) is 19.0. The Morgan fingerprint density at radius 3 is 1.89 bits per heavy atom. The molecule has 3 unspecified atom stereocenters. The fourth-order valence-electron chi connectivity index (χ4n) is 4.13. The first kappa shape index (κ1) is 38.4.